The van der Waals surface area contributed by atoms with Crippen molar-refractivity contribution in [1.29, 1.82) is 0 Å². The van der Waals surface area contributed by atoms with Gasteiger partial charge in [0.15, 0.2) is 0 Å². The van der Waals surface area contributed by atoms with Gasteiger partial charge in [-0.2, -0.15) is 13.2 Å². The van der Waals surface area contributed by atoms with E-state index in [1.54, 1.807) is 18.2 Å². The van der Waals surface area contributed by atoms with Crippen LogP contribution in [0, 0.1) is 23.2 Å². The second-order valence-electron chi connectivity index (χ2n) is 8.10. The first kappa shape index (κ1) is 20.4. The number of carboxylic acids is 1. The zero-order chi connectivity index (χ0) is 21.7. The number of hydrogen-bond acceptors (Lipinski definition) is 3. The van der Waals surface area contributed by atoms with Crippen LogP contribution in [0.15, 0.2) is 48.5 Å². The third-order valence-electron chi connectivity index (χ3n) is 6.52. The number of carboxylic acid groups (broad SMARTS) is 1. The molecular weight excluding hydrogens is 397 g/mol. The molecule has 0 bridgehead atoms. The summed E-state index contributed by atoms with van der Waals surface area (Å²) in [4.78, 5) is 24.3. The van der Waals surface area contributed by atoms with E-state index in [4.69, 9.17) is 4.74 Å². The Morgan fingerprint density at radius 3 is 2.40 bits per heavy atom. The van der Waals surface area contributed by atoms with E-state index < -0.39 is 29.0 Å². The Labute approximate surface area is 171 Å². The third-order valence-corrected chi connectivity index (χ3v) is 6.52. The number of carbonyl (C=O) groups is 2. The predicted octanol–water partition coefficient (Wildman–Crippen LogP) is 5.36. The van der Waals surface area contributed by atoms with E-state index in [2.05, 4.69) is 0 Å². The molecule has 1 N–H and O–H groups in total. The first-order chi connectivity index (χ1) is 14.2. The van der Waals surface area contributed by atoms with Gasteiger partial charge in [0.25, 0.3) is 0 Å². The monoisotopic (exact) mass is 418 g/mol. The molecule has 7 heteroatoms. The van der Waals surface area contributed by atoms with Crippen LogP contribution in [0.2, 0.25) is 0 Å². The maximum absolute atomic E-state index is 12.9. The zero-order valence-electron chi connectivity index (χ0n) is 16.3. The Bertz CT molecular complexity index is 1000. The van der Waals surface area contributed by atoms with E-state index in [0.717, 1.165) is 17.7 Å². The number of aliphatic carboxylic acids is 1. The number of alkyl halides is 3. The van der Waals surface area contributed by atoms with Crippen LogP contribution in [0.3, 0.4) is 0 Å². The Morgan fingerprint density at radius 2 is 1.83 bits per heavy atom. The lowest BCUT2D eigenvalue weighted by molar-refractivity contribution is -0.147. The summed E-state index contributed by atoms with van der Waals surface area (Å²) in [6.07, 6.45) is -2.97. The van der Waals surface area contributed by atoms with Crippen LogP contribution in [0.25, 0.3) is 0 Å². The summed E-state index contributed by atoms with van der Waals surface area (Å²) in [5, 5.41) is 9.51. The van der Waals surface area contributed by atoms with Crippen molar-refractivity contribution >= 4 is 11.8 Å². The maximum Gasteiger partial charge on any atom is 0.416 e. The van der Waals surface area contributed by atoms with Crippen LogP contribution >= 0.6 is 0 Å². The van der Waals surface area contributed by atoms with Gasteiger partial charge in [-0.15, -0.1) is 0 Å². The van der Waals surface area contributed by atoms with Crippen LogP contribution in [0.4, 0.5) is 13.2 Å². The van der Waals surface area contributed by atoms with Crippen molar-refractivity contribution in [3.63, 3.8) is 0 Å². The average Bonchev–Trinajstić information content (AvgIpc) is 3.24. The molecule has 0 saturated heterocycles. The number of halogens is 3. The number of benzene rings is 2. The van der Waals surface area contributed by atoms with E-state index in [1.165, 1.54) is 12.1 Å². The van der Waals surface area contributed by atoms with Gasteiger partial charge in [0.1, 0.15) is 17.3 Å². The second-order valence-corrected chi connectivity index (χ2v) is 8.10. The molecule has 0 aliphatic heterocycles. The first-order valence-corrected chi connectivity index (χ1v) is 9.88. The van der Waals surface area contributed by atoms with Gasteiger partial charge in [-0.05, 0) is 61.1 Å². The van der Waals surface area contributed by atoms with Gasteiger partial charge in [-0.25, -0.2) is 0 Å². The number of hydrogen-bond donors (Lipinski definition) is 1. The van der Waals surface area contributed by atoms with Crippen LogP contribution in [-0.2, 0) is 22.2 Å². The highest BCUT2D eigenvalue weighted by Gasteiger charge is 2.75. The van der Waals surface area contributed by atoms with Crippen molar-refractivity contribution in [1.82, 2.24) is 0 Å². The maximum atomic E-state index is 12.9. The summed E-state index contributed by atoms with van der Waals surface area (Å²) in [6.45, 7) is 1.81. The lowest BCUT2D eigenvalue weighted by atomic mass is 9.84. The number of Topliss-reactive ketones (excluding diaryl/α,β-unsaturated/α-hetero) is 1. The van der Waals surface area contributed by atoms with Crippen LogP contribution in [0.1, 0.15) is 30.9 Å². The van der Waals surface area contributed by atoms with Crippen molar-refractivity contribution < 1.29 is 32.6 Å². The lowest BCUT2D eigenvalue weighted by Crippen LogP contribution is -2.27. The third kappa shape index (κ3) is 3.36. The molecule has 2 fully saturated rings. The summed E-state index contributed by atoms with van der Waals surface area (Å²) in [5.41, 5.74) is -0.844. The topological polar surface area (TPSA) is 63.6 Å². The van der Waals surface area contributed by atoms with Crippen LogP contribution in [-0.4, -0.2) is 16.9 Å². The van der Waals surface area contributed by atoms with Gasteiger partial charge < -0.3 is 9.84 Å². The minimum atomic E-state index is -4.45. The largest absolute Gasteiger partial charge is 0.481 e. The fourth-order valence-corrected chi connectivity index (χ4v) is 5.00. The molecule has 2 aromatic rings. The van der Waals surface area contributed by atoms with Gasteiger partial charge in [-0.3, -0.25) is 9.59 Å². The van der Waals surface area contributed by atoms with Gasteiger partial charge in [0.05, 0.1) is 11.0 Å². The van der Waals surface area contributed by atoms with Gasteiger partial charge in [0, 0.05) is 11.8 Å². The zero-order valence-corrected chi connectivity index (χ0v) is 16.3. The number of fused-ring (bicyclic) bond motifs is 1. The average molecular weight is 418 g/mol. The Hall–Kier alpha value is -2.83. The van der Waals surface area contributed by atoms with Gasteiger partial charge >= 0.3 is 12.1 Å². The Morgan fingerprint density at radius 1 is 1.17 bits per heavy atom. The molecule has 0 spiro atoms. The standard InChI is InChI=1S/C23H21F3O4/c1-2-22(21(28)29)18-11-14(20(27)19(18)22)9-13-5-3-7-16(10-13)30-17-8-4-6-15(12-17)23(24,25)26/h3-8,10,12,14,18-19H,2,9,11H2,1H3,(H,28,29). The fourth-order valence-electron chi connectivity index (χ4n) is 5.00. The first-order valence-electron chi connectivity index (χ1n) is 9.88. The van der Waals surface area contributed by atoms with Crippen LogP contribution < -0.4 is 4.74 Å². The lowest BCUT2D eigenvalue weighted by Gasteiger charge is -2.19. The highest BCUT2D eigenvalue weighted by molar-refractivity contribution is 5.98. The van der Waals surface area contributed by atoms with Crippen LogP contribution in [0.5, 0.6) is 11.5 Å². The summed E-state index contributed by atoms with van der Waals surface area (Å²) >= 11 is 0. The number of carbonyl (C=O) groups excluding carboxylic acids is 1. The van der Waals surface area contributed by atoms with E-state index in [9.17, 15) is 27.9 Å². The molecule has 0 radical (unpaired) electrons. The molecule has 4 unspecified atom stereocenters. The quantitative estimate of drug-likeness (QED) is 0.686. The second kappa shape index (κ2) is 7.15. The molecule has 4 nitrogen and oxygen atoms in total. The molecule has 2 aromatic carbocycles. The molecule has 4 atom stereocenters. The SMILES string of the molecule is CCC1(C(=O)O)C2CC(Cc3cccc(Oc4cccc(C(F)(F)F)c4)c3)C(=O)C21. The summed E-state index contributed by atoms with van der Waals surface area (Å²) in [6, 6.07) is 11.6. The minimum Gasteiger partial charge on any atom is -0.481 e. The minimum absolute atomic E-state index is 0.00782. The molecular formula is C23H21F3O4. The molecule has 2 aliphatic rings. The molecule has 2 aliphatic carbocycles. The smallest absolute Gasteiger partial charge is 0.416 e. The highest BCUT2D eigenvalue weighted by atomic mass is 19.4. The highest BCUT2D eigenvalue weighted by Crippen LogP contribution is 2.69. The molecule has 0 aromatic heterocycles. The number of ketones is 1. The van der Waals surface area contributed by atoms with E-state index in [1.807, 2.05) is 13.0 Å². The fraction of sp³-hybridized carbons (Fsp3) is 0.391. The predicted molar refractivity (Wildman–Crippen MR) is 102 cm³/mol. The molecule has 0 amide bonds. The summed E-state index contributed by atoms with van der Waals surface area (Å²) in [7, 11) is 0. The molecule has 4 rings (SSSR count). The Kier molecular flexibility index (Phi) is 4.87. The van der Waals surface area contributed by atoms with E-state index in [0.29, 0.717) is 25.0 Å². The van der Waals surface area contributed by atoms with Crippen molar-refractivity contribution in [2.75, 3.05) is 0 Å². The Balaban J connectivity index is 1.45. The van der Waals surface area contributed by atoms with Gasteiger partial charge in [-0.1, -0.05) is 25.1 Å². The number of rotatable bonds is 6. The van der Waals surface area contributed by atoms with Crippen molar-refractivity contribution in [3.05, 3.63) is 59.7 Å². The van der Waals surface area contributed by atoms with E-state index >= 15 is 0 Å². The van der Waals surface area contributed by atoms with Crippen molar-refractivity contribution in [3.8, 4) is 11.5 Å². The molecule has 158 valence electrons. The van der Waals surface area contributed by atoms with Crippen molar-refractivity contribution in [2.24, 2.45) is 23.2 Å². The number of ether oxygens (including phenoxy) is 1. The van der Waals surface area contributed by atoms with Gasteiger partial charge in [0.2, 0.25) is 0 Å². The molecule has 30 heavy (non-hydrogen) atoms. The van der Waals surface area contributed by atoms with E-state index in [-0.39, 0.29) is 23.4 Å². The summed E-state index contributed by atoms with van der Waals surface area (Å²) < 4.78 is 44.2. The molecule has 0 heterocycles. The normalized spacial score (nSPS) is 27.6. The van der Waals surface area contributed by atoms with Crippen molar-refractivity contribution in [2.45, 2.75) is 32.4 Å². The molecule has 2 saturated carbocycles. The summed E-state index contributed by atoms with van der Waals surface area (Å²) in [5.74, 6) is -1.14.